The van der Waals surface area contributed by atoms with E-state index >= 15 is 0 Å². The maximum Gasteiger partial charge on any atom is 0.0462 e. The van der Waals surface area contributed by atoms with Gasteiger partial charge in [0, 0.05) is 19.8 Å². The molecule has 82 valence electrons. The number of hydrogen-bond acceptors (Lipinski definition) is 2. The third kappa shape index (κ3) is 4.77. The van der Waals surface area contributed by atoms with Crippen molar-refractivity contribution in [1.29, 1.82) is 0 Å². The van der Waals surface area contributed by atoms with Gasteiger partial charge in [-0.05, 0) is 38.5 Å². The largest absolute Gasteiger partial charge is 0.385 e. The molecule has 1 rings (SSSR count). The van der Waals surface area contributed by atoms with Crippen LogP contribution in [0, 0.1) is 0 Å². The highest BCUT2D eigenvalue weighted by Crippen LogP contribution is 2.20. The van der Waals surface area contributed by atoms with Crippen molar-refractivity contribution in [2.45, 2.75) is 51.0 Å². The lowest BCUT2D eigenvalue weighted by Gasteiger charge is -2.06. The van der Waals surface area contributed by atoms with Crippen LogP contribution in [0.25, 0.3) is 0 Å². The molecule has 0 saturated carbocycles. The summed E-state index contributed by atoms with van der Waals surface area (Å²) < 4.78 is 5.03. The van der Waals surface area contributed by atoms with Gasteiger partial charge >= 0.3 is 0 Å². The maximum absolute atomic E-state index is 5.95. The van der Waals surface area contributed by atoms with E-state index in [4.69, 9.17) is 10.5 Å². The molecule has 1 aliphatic carbocycles. The Morgan fingerprint density at radius 2 is 2.29 bits per heavy atom. The van der Waals surface area contributed by atoms with Crippen molar-refractivity contribution in [3.63, 3.8) is 0 Å². The summed E-state index contributed by atoms with van der Waals surface area (Å²) in [4.78, 5) is 0. The second-order valence-electron chi connectivity index (χ2n) is 4.18. The lowest BCUT2D eigenvalue weighted by Crippen LogP contribution is -2.15. The van der Waals surface area contributed by atoms with Crippen molar-refractivity contribution < 1.29 is 4.74 Å². The Balaban J connectivity index is 2.20. The van der Waals surface area contributed by atoms with Crippen LogP contribution in [0.1, 0.15) is 44.9 Å². The third-order valence-electron chi connectivity index (χ3n) is 2.83. The molecule has 1 atom stereocenters. The van der Waals surface area contributed by atoms with Gasteiger partial charge in [0.25, 0.3) is 0 Å². The molecule has 0 saturated heterocycles. The number of unbranched alkanes of at least 4 members (excludes halogenated alkanes) is 1. The number of rotatable bonds is 5. The van der Waals surface area contributed by atoms with Crippen LogP contribution in [0.3, 0.4) is 0 Å². The third-order valence-corrected chi connectivity index (χ3v) is 2.83. The standard InChI is InChI=1S/C12H23NO/c1-14-9-5-4-7-11-6-2-3-8-12(13)10-11/h10,12H,2-9,13H2,1H3. The van der Waals surface area contributed by atoms with Gasteiger partial charge in [0.1, 0.15) is 0 Å². The first-order chi connectivity index (χ1) is 6.83. The van der Waals surface area contributed by atoms with E-state index in [0.29, 0.717) is 6.04 Å². The lowest BCUT2D eigenvalue weighted by molar-refractivity contribution is 0.193. The van der Waals surface area contributed by atoms with E-state index in [1.807, 2.05) is 0 Å². The van der Waals surface area contributed by atoms with Gasteiger partial charge < -0.3 is 10.5 Å². The summed E-state index contributed by atoms with van der Waals surface area (Å²) in [5, 5.41) is 0. The zero-order valence-corrected chi connectivity index (χ0v) is 9.30. The van der Waals surface area contributed by atoms with Gasteiger partial charge in [-0.2, -0.15) is 0 Å². The van der Waals surface area contributed by atoms with Crippen molar-refractivity contribution in [1.82, 2.24) is 0 Å². The monoisotopic (exact) mass is 197 g/mol. The molecule has 0 aromatic carbocycles. The van der Waals surface area contributed by atoms with Crippen molar-refractivity contribution in [2.75, 3.05) is 13.7 Å². The highest BCUT2D eigenvalue weighted by atomic mass is 16.5. The van der Waals surface area contributed by atoms with Crippen LogP contribution in [0.15, 0.2) is 11.6 Å². The van der Waals surface area contributed by atoms with Gasteiger partial charge in [-0.1, -0.05) is 18.1 Å². The molecule has 0 spiro atoms. The Bertz CT molecular complexity index is 177. The molecular formula is C12H23NO. The Morgan fingerprint density at radius 1 is 1.43 bits per heavy atom. The molecule has 0 aromatic rings. The topological polar surface area (TPSA) is 35.2 Å². The van der Waals surface area contributed by atoms with Gasteiger partial charge in [-0.3, -0.25) is 0 Å². The van der Waals surface area contributed by atoms with Gasteiger partial charge in [0.15, 0.2) is 0 Å². The smallest absolute Gasteiger partial charge is 0.0462 e. The van der Waals surface area contributed by atoms with Gasteiger partial charge in [0.05, 0.1) is 0 Å². The summed E-state index contributed by atoms with van der Waals surface area (Å²) in [5.41, 5.74) is 7.53. The van der Waals surface area contributed by atoms with Crippen LogP contribution >= 0.6 is 0 Å². The fourth-order valence-corrected chi connectivity index (χ4v) is 2.01. The first-order valence-corrected chi connectivity index (χ1v) is 5.77. The molecule has 0 bridgehead atoms. The highest BCUT2D eigenvalue weighted by Gasteiger charge is 2.07. The SMILES string of the molecule is COCCCCC1=CC(N)CCCC1. The van der Waals surface area contributed by atoms with Gasteiger partial charge in [0.2, 0.25) is 0 Å². The summed E-state index contributed by atoms with van der Waals surface area (Å²) >= 11 is 0. The zero-order valence-electron chi connectivity index (χ0n) is 9.30. The van der Waals surface area contributed by atoms with Crippen LogP contribution in [0.4, 0.5) is 0 Å². The highest BCUT2D eigenvalue weighted by molar-refractivity contribution is 5.08. The number of hydrogen-bond donors (Lipinski definition) is 1. The summed E-state index contributed by atoms with van der Waals surface area (Å²) in [6, 6.07) is 0.315. The van der Waals surface area contributed by atoms with Crippen molar-refractivity contribution in [3.05, 3.63) is 11.6 Å². The predicted molar refractivity (Wildman–Crippen MR) is 60.3 cm³/mol. The van der Waals surface area contributed by atoms with E-state index in [1.165, 1.54) is 44.9 Å². The second kappa shape index (κ2) is 7.02. The molecule has 0 fully saturated rings. The van der Waals surface area contributed by atoms with E-state index in [-0.39, 0.29) is 0 Å². The molecule has 1 unspecified atom stereocenters. The van der Waals surface area contributed by atoms with Crippen molar-refractivity contribution >= 4 is 0 Å². The molecule has 0 amide bonds. The van der Waals surface area contributed by atoms with Crippen LogP contribution in [-0.2, 0) is 4.74 Å². The summed E-state index contributed by atoms with van der Waals surface area (Å²) in [7, 11) is 1.76. The zero-order chi connectivity index (χ0) is 10.2. The minimum Gasteiger partial charge on any atom is -0.385 e. The average Bonchev–Trinajstić information content (AvgIpc) is 2.38. The predicted octanol–water partition coefficient (Wildman–Crippen LogP) is 2.63. The molecule has 1 aliphatic rings. The van der Waals surface area contributed by atoms with Crippen LogP contribution in [-0.4, -0.2) is 19.8 Å². The molecule has 14 heavy (non-hydrogen) atoms. The number of ether oxygens (including phenoxy) is 1. The second-order valence-corrected chi connectivity index (χ2v) is 4.18. The number of allylic oxidation sites excluding steroid dienone is 1. The fraction of sp³-hybridized carbons (Fsp3) is 0.833. The van der Waals surface area contributed by atoms with E-state index in [9.17, 15) is 0 Å². The van der Waals surface area contributed by atoms with E-state index in [0.717, 1.165) is 6.61 Å². The molecule has 0 aliphatic heterocycles. The summed E-state index contributed by atoms with van der Waals surface area (Å²) in [6.45, 7) is 0.888. The summed E-state index contributed by atoms with van der Waals surface area (Å²) in [5.74, 6) is 0. The minimum atomic E-state index is 0.315. The van der Waals surface area contributed by atoms with Crippen LogP contribution < -0.4 is 5.73 Å². The molecule has 2 nitrogen and oxygen atoms in total. The molecule has 0 aromatic heterocycles. The number of methoxy groups -OCH3 is 1. The Kier molecular flexibility index (Phi) is 5.88. The fourth-order valence-electron chi connectivity index (χ4n) is 2.01. The van der Waals surface area contributed by atoms with Crippen molar-refractivity contribution in [2.24, 2.45) is 5.73 Å². The summed E-state index contributed by atoms with van der Waals surface area (Å²) in [6.07, 6.45) is 11.0. The Morgan fingerprint density at radius 3 is 3.07 bits per heavy atom. The number of nitrogens with two attached hydrogens (primary N) is 1. The molecule has 2 N–H and O–H groups in total. The van der Waals surface area contributed by atoms with Crippen LogP contribution in [0.2, 0.25) is 0 Å². The first kappa shape index (κ1) is 11.7. The molecular weight excluding hydrogens is 174 g/mol. The van der Waals surface area contributed by atoms with E-state index < -0.39 is 0 Å². The van der Waals surface area contributed by atoms with Crippen LogP contribution in [0.5, 0.6) is 0 Å². The molecule has 2 heteroatoms. The normalized spacial score (nSPS) is 23.0. The van der Waals surface area contributed by atoms with Gasteiger partial charge in [-0.25, -0.2) is 0 Å². The Hall–Kier alpha value is -0.340. The van der Waals surface area contributed by atoms with E-state index in [1.54, 1.807) is 12.7 Å². The Labute approximate surface area is 87.5 Å². The minimum absolute atomic E-state index is 0.315. The van der Waals surface area contributed by atoms with Gasteiger partial charge in [-0.15, -0.1) is 0 Å². The molecule has 0 radical (unpaired) electrons. The van der Waals surface area contributed by atoms with Crippen molar-refractivity contribution in [3.8, 4) is 0 Å². The van der Waals surface area contributed by atoms with E-state index in [2.05, 4.69) is 6.08 Å². The average molecular weight is 197 g/mol. The lowest BCUT2D eigenvalue weighted by atomic mass is 10.0. The molecule has 0 heterocycles. The maximum atomic E-state index is 5.95. The quantitative estimate of drug-likeness (QED) is 0.543. The first-order valence-electron chi connectivity index (χ1n) is 5.77.